The fourth-order valence-electron chi connectivity index (χ4n) is 2.87. The zero-order valence-electron chi connectivity index (χ0n) is 12.8. The van der Waals surface area contributed by atoms with Crippen molar-refractivity contribution in [3.8, 4) is 0 Å². The second-order valence-electron chi connectivity index (χ2n) is 6.33. The molecule has 5 nitrogen and oxygen atoms in total. The smallest absolute Gasteiger partial charge is 0.264 e. The molecule has 2 N–H and O–H groups in total. The Bertz CT molecular complexity index is 580. The Labute approximate surface area is 134 Å². The van der Waals surface area contributed by atoms with Crippen LogP contribution in [0.3, 0.4) is 0 Å². The summed E-state index contributed by atoms with van der Waals surface area (Å²) in [7, 11) is 0. The van der Waals surface area contributed by atoms with Crippen molar-refractivity contribution in [2.75, 3.05) is 25.0 Å². The van der Waals surface area contributed by atoms with Gasteiger partial charge in [0.2, 0.25) is 5.91 Å². The Morgan fingerprint density at radius 2 is 2.18 bits per heavy atom. The third-order valence-electron chi connectivity index (χ3n) is 4.37. The number of carbonyl (C=O) groups is 2. The van der Waals surface area contributed by atoms with Crippen LogP contribution < -0.4 is 5.32 Å². The quantitative estimate of drug-likeness (QED) is 0.893. The Morgan fingerprint density at radius 3 is 2.86 bits per heavy atom. The van der Waals surface area contributed by atoms with Gasteiger partial charge in [-0.25, -0.2) is 0 Å². The van der Waals surface area contributed by atoms with E-state index in [-0.39, 0.29) is 30.3 Å². The lowest BCUT2D eigenvalue weighted by Crippen LogP contribution is -2.40. The molecule has 1 atom stereocenters. The monoisotopic (exact) mass is 322 g/mol. The first-order valence-corrected chi connectivity index (χ1v) is 8.71. The van der Waals surface area contributed by atoms with Crippen LogP contribution in [0.1, 0.15) is 40.9 Å². The lowest BCUT2D eigenvalue weighted by atomic mass is 9.99. The van der Waals surface area contributed by atoms with E-state index in [2.05, 4.69) is 5.32 Å². The minimum atomic E-state index is 0.0209. The second-order valence-corrected chi connectivity index (χ2v) is 7.38. The number of likely N-dealkylation sites (tertiary alicyclic amines) is 1. The molecule has 1 saturated carbocycles. The molecule has 0 spiro atoms. The zero-order chi connectivity index (χ0) is 15.7. The van der Waals surface area contributed by atoms with E-state index in [9.17, 15) is 14.7 Å². The summed E-state index contributed by atoms with van der Waals surface area (Å²) in [5, 5.41) is 13.0. The fraction of sp³-hybridized carbons (Fsp3) is 0.625. The molecule has 1 aromatic rings. The summed E-state index contributed by atoms with van der Waals surface area (Å²) in [6.45, 7) is 3.41. The molecule has 2 amide bonds. The van der Waals surface area contributed by atoms with Crippen LogP contribution in [0, 0.1) is 18.8 Å². The van der Waals surface area contributed by atoms with Gasteiger partial charge in [-0.1, -0.05) is 0 Å². The van der Waals surface area contributed by atoms with Crippen molar-refractivity contribution in [3.05, 3.63) is 16.5 Å². The lowest BCUT2D eigenvalue weighted by molar-refractivity contribution is -0.117. The first-order valence-electron chi connectivity index (χ1n) is 7.90. The average Bonchev–Trinajstić information content (AvgIpc) is 3.31. The summed E-state index contributed by atoms with van der Waals surface area (Å²) in [6.07, 6.45) is 3.86. The number of anilines is 1. The van der Waals surface area contributed by atoms with Crippen LogP contribution in [-0.4, -0.2) is 41.5 Å². The van der Waals surface area contributed by atoms with Crippen molar-refractivity contribution in [2.45, 2.75) is 32.6 Å². The van der Waals surface area contributed by atoms with E-state index in [0.29, 0.717) is 11.4 Å². The first kappa shape index (κ1) is 15.5. The molecule has 2 aliphatic rings. The molecule has 22 heavy (non-hydrogen) atoms. The van der Waals surface area contributed by atoms with Crippen LogP contribution in [0.2, 0.25) is 0 Å². The summed E-state index contributed by atoms with van der Waals surface area (Å²) in [6, 6.07) is 1.88. The number of thiophene rings is 1. The molecule has 3 rings (SSSR count). The van der Waals surface area contributed by atoms with Crippen LogP contribution in [0.5, 0.6) is 0 Å². The van der Waals surface area contributed by atoms with Crippen LogP contribution in [0.25, 0.3) is 0 Å². The maximum absolute atomic E-state index is 12.7. The number of aliphatic hydroxyl groups excluding tert-OH is 1. The Morgan fingerprint density at radius 1 is 1.41 bits per heavy atom. The van der Waals surface area contributed by atoms with Crippen molar-refractivity contribution < 1.29 is 14.7 Å². The largest absolute Gasteiger partial charge is 0.396 e. The van der Waals surface area contributed by atoms with Gasteiger partial charge in [-0.15, -0.1) is 11.3 Å². The van der Waals surface area contributed by atoms with Gasteiger partial charge in [-0.3, -0.25) is 9.59 Å². The lowest BCUT2D eigenvalue weighted by Gasteiger charge is -2.31. The summed E-state index contributed by atoms with van der Waals surface area (Å²) in [5.74, 6) is 0.437. The number of aliphatic hydroxyl groups is 1. The van der Waals surface area contributed by atoms with Crippen molar-refractivity contribution in [3.63, 3.8) is 0 Å². The van der Waals surface area contributed by atoms with Crippen LogP contribution in [0.15, 0.2) is 6.07 Å². The number of rotatable bonds is 4. The summed E-state index contributed by atoms with van der Waals surface area (Å²) in [4.78, 5) is 27.0. The van der Waals surface area contributed by atoms with Crippen molar-refractivity contribution in [1.29, 1.82) is 0 Å². The second kappa shape index (κ2) is 6.38. The maximum Gasteiger partial charge on any atom is 0.264 e. The highest BCUT2D eigenvalue weighted by atomic mass is 32.1. The third kappa shape index (κ3) is 3.33. The third-order valence-corrected chi connectivity index (χ3v) is 5.51. The summed E-state index contributed by atoms with van der Waals surface area (Å²) in [5.41, 5.74) is 0.909. The van der Waals surface area contributed by atoms with E-state index in [1.807, 2.05) is 17.9 Å². The number of piperidine rings is 1. The van der Waals surface area contributed by atoms with Gasteiger partial charge in [0.05, 0.1) is 9.88 Å². The minimum absolute atomic E-state index is 0.0209. The molecule has 1 saturated heterocycles. The molecule has 0 radical (unpaired) electrons. The van der Waals surface area contributed by atoms with Crippen LogP contribution in [0.4, 0.5) is 5.00 Å². The molecule has 0 aromatic carbocycles. The number of nitrogens with zero attached hydrogens (tertiary/aromatic N) is 1. The average molecular weight is 322 g/mol. The highest BCUT2D eigenvalue weighted by Gasteiger charge is 2.31. The Balaban J connectivity index is 1.69. The number of hydrogen-bond acceptors (Lipinski definition) is 4. The Kier molecular flexibility index (Phi) is 4.49. The molecule has 1 aliphatic carbocycles. The van der Waals surface area contributed by atoms with Crippen LogP contribution in [-0.2, 0) is 4.79 Å². The fourth-order valence-corrected chi connectivity index (χ4v) is 3.91. The number of carbonyl (C=O) groups excluding carboxylic acids is 2. The van der Waals surface area contributed by atoms with Gasteiger partial charge >= 0.3 is 0 Å². The maximum atomic E-state index is 12.7. The topological polar surface area (TPSA) is 69.6 Å². The van der Waals surface area contributed by atoms with Gasteiger partial charge in [0.25, 0.3) is 5.91 Å². The molecular weight excluding hydrogens is 300 g/mol. The molecular formula is C16H22N2O3S. The number of aryl methyl sites for hydroxylation is 1. The summed E-state index contributed by atoms with van der Waals surface area (Å²) >= 11 is 1.36. The van der Waals surface area contributed by atoms with Gasteiger partial charge in [-0.2, -0.15) is 0 Å². The number of hydrogen-bond donors (Lipinski definition) is 2. The zero-order valence-corrected chi connectivity index (χ0v) is 13.6. The van der Waals surface area contributed by atoms with E-state index in [1.165, 1.54) is 11.3 Å². The van der Waals surface area contributed by atoms with Gasteiger partial charge in [0, 0.05) is 25.6 Å². The van der Waals surface area contributed by atoms with E-state index >= 15 is 0 Å². The molecule has 1 unspecified atom stereocenters. The molecule has 1 aromatic heterocycles. The van der Waals surface area contributed by atoms with E-state index in [1.54, 1.807) is 0 Å². The van der Waals surface area contributed by atoms with Gasteiger partial charge in [0.15, 0.2) is 0 Å². The summed E-state index contributed by atoms with van der Waals surface area (Å²) < 4.78 is 0. The molecule has 6 heteroatoms. The van der Waals surface area contributed by atoms with Crippen molar-refractivity contribution in [1.82, 2.24) is 4.90 Å². The number of nitrogens with one attached hydrogen (secondary N) is 1. The predicted octanol–water partition coefficient (Wildman–Crippen LogP) is 2.25. The molecule has 0 bridgehead atoms. The van der Waals surface area contributed by atoms with Crippen molar-refractivity contribution in [2.24, 2.45) is 11.8 Å². The van der Waals surface area contributed by atoms with Crippen LogP contribution >= 0.6 is 11.3 Å². The highest BCUT2D eigenvalue weighted by Crippen LogP contribution is 2.33. The molecule has 2 fully saturated rings. The molecule has 1 aliphatic heterocycles. The van der Waals surface area contributed by atoms with E-state index < -0.39 is 0 Å². The SMILES string of the molecule is Cc1cc(NC(=O)C2CC2)sc1C(=O)N1CCCC(CO)C1. The highest BCUT2D eigenvalue weighted by molar-refractivity contribution is 7.18. The standard InChI is InChI=1S/C16H22N2O3S/c1-10-7-13(17-15(20)12-4-5-12)22-14(10)16(21)18-6-2-3-11(8-18)9-19/h7,11-12,19H,2-6,8-9H2,1H3,(H,17,20). The molecule has 120 valence electrons. The first-order chi connectivity index (χ1) is 10.6. The van der Waals surface area contributed by atoms with Crippen molar-refractivity contribution >= 4 is 28.2 Å². The number of amides is 2. The van der Waals surface area contributed by atoms with Gasteiger partial charge in [-0.05, 0) is 50.2 Å². The van der Waals surface area contributed by atoms with E-state index in [4.69, 9.17) is 0 Å². The van der Waals surface area contributed by atoms with Gasteiger partial charge < -0.3 is 15.3 Å². The molecule has 2 heterocycles. The normalized spacial score (nSPS) is 21.7. The minimum Gasteiger partial charge on any atom is -0.396 e. The predicted molar refractivity (Wildman–Crippen MR) is 86.1 cm³/mol. The van der Waals surface area contributed by atoms with Gasteiger partial charge in [0.1, 0.15) is 0 Å². The van der Waals surface area contributed by atoms with E-state index in [0.717, 1.165) is 42.8 Å². The Hall–Kier alpha value is -1.40.